The van der Waals surface area contributed by atoms with Gasteiger partial charge in [0.2, 0.25) is 5.91 Å². The van der Waals surface area contributed by atoms with Crippen LogP contribution in [0.5, 0.6) is 5.75 Å². The fraction of sp³-hybridized carbons (Fsp3) is 0.227. The molecule has 156 valence electrons. The number of nitrogens with zero attached hydrogens (tertiary/aromatic N) is 1. The van der Waals surface area contributed by atoms with E-state index in [1.807, 2.05) is 24.3 Å². The predicted octanol–water partition coefficient (Wildman–Crippen LogP) is 5.94. The molecule has 1 amide bonds. The van der Waals surface area contributed by atoms with Gasteiger partial charge in [-0.05, 0) is 67.0 Å². The minimum atomic E-state index is -0.336. The number of carbonyl (C=O) groups excluding carboxylic acids is 1. The predicted molar refractivity (Wildman–Crippen MR) is 132 cm³/mol. The summed E-state index contributed by atoms with van der Waals surface area (Å²) in [4.78, 5) is 16.8. The number of aromatic nitrogens is 1. The average molecular weight is 504 g/mol. The highest BCUT2D eigenvalue weighted by molar-refractivity contribution is 9.10. The number of rotatable bonds is 7. The van der Waals surface area contributed by atoms with Crippen LogP contribution in [0.25, 0.3) is 16.3 Å². The number of methoxy groups -OCH3 is 1. The summed E-state index contributed by atoms with van der Waals surface area (Å²) in [6, 6.07) is 11.9. The molecule has 3 rings (SSSR count). The number of nitrogens with one attached hydrogen (secondary N) is 2. The first-order valence-electron chi connectivity index (χ1n) is 9.51. The molecule has 0 aliphatic rings. The van der Waals surface area contributed by atoms with Gasteiger partial charge in [0, 0.05) is 16.1 Å². The lowest BCUT2D eigenvalue weighted by molar-refractivity contribution is -0.115. The van der Waals surface area contributed by atoms with Gasteiger partial charge in [0.15, 0.2) is 10.2 Å². The highest BCUT2D eigenvalue weighted by Crippen LogP contribution is 2.27. The highest BCUT2D eigenvalue weighted by Gasteiger charge is 2.08. The van der Waals surface area contributed by atoms with Gasteiger partial charge in [-0.15, -0.1) is 0 Å². The normalized spacial score (nSPS) is 11.0. The Balaban J connectivity index is 1.61. The van der Waals surface area contributed by atoms with Crippen molar-refractivity contribution in [3.63, 3.8) is 0 Å². The maximum Gasteiger partial charge on any atom is 0.250 e. The maximum absolute atomic E-state index is 12.2. The zero-order chi connectivity index (χ0) is 21.5. The lowest BCUT2D eigenvalue weighted by atomic mass is 10.1. The van der Waals surface area contributed by atoms with Gasteiger partial charge >= 0.3 is 0 Å². The molecule has 2 aromatic carbocycles. The number of hydrogen-bond donors (Lipinski definition) is 2. The van der Waals surface area contributed by atoms with E-state index < -0.39 is 0 Å². The third kappa shape index (κ3) is 6.10. The van der Waals surface area contributed by atoms with E-state index in [2.05, 4.69) is 50.6 Å². The van der Waals surface area contributed by atoms with Crippen molar-refractivity contribution in [3.8, 4) is 5.75 Å². The first-order valence-corrected chi connectivity index (χ1v) is 11.5. The second-order valence-corrected chi connectivity index (χ2v) is 8.94. The molecule has 0 atom stereocenters. The molecule has 0 spiro atoms. The molecule has 0 unspecified atom stereocenters. The fourth-order valence-electron chi connectivity index (χ4n) is 2.84. The summed E-state index contributed by atoms with van der Waals surface area (Å²) in [5, 5.41) is 6.50. The minimum Gasteiger partial charge on any atom is -0.496 e. The van der Waals surface area contributed by atoms with E-state index in [4.69, 9.17) is 17.0 Å². The van der Waals surface area contributed by atoms with Gasteiger partial charge in [0.05, 0.1) is 17.3 Å². The van der Waals surface area contributed by atoms with Crippen LogP contribution in [0.1, 0.15) is 30.9 Å². The Hall–Kier alpha value is -2.29. The lowest BCUT2D eigenvalue weighted by Gasteiger charge is -2.06. The first-order chi connectivity index (χ1) is 14.5. The second-order valence-electron chi connectivity index (χ2n) is 6.59. The Morgan fingerprint density at radius 1 is 1.30 bits per heavy atom. The number of anilines is 1. The van der Waals surface area contributed by atoms with Crippen LogP contribution in [-0.2, 0) is 11.2 Å². The first kappa shape index (κ1) is 22.4. The Kier molecular flexibility index (Phi) is 7.95. The molecule has 3 aromatic rings. The van der Waals surface area contributed by atoms with Crippen molar-refractivity contribution in [2.75, 3.05) is 12.4 Å². The standard InChI is InChI=1S/C22H22BrN3O2S2/c1-3-4-5-14-6-9-17-19(12-14)30-22(24-17)26-21(29)25-20(27)11-7-15-13-16(23)8-10-18(15)28-2/h6-13H,3-5H2,1-2H3,(H2,24,25,26,27,29). The van der Waals surface area contributed by atoms with Gasteiger partial charge in [-0.25, -0.2) is 4.98 Å². The van der Waals surface area contributed by atoms with Gasteiger partial charge < -0.3 is 10.1 Å². The van der Waals surface area contributed by atoms with Crippen molar-refractivity contribution in [2.45, 2.75) is 26.2 Å². The third-order valence-electron chi connectivity index (χ3n) is 4.34. The Morgan fingerprint density at radius 3 is 2.90 bits per heavy atom. The summed E-state index contributed by atoms with van der Waals surface area (Å²) in [5.41, 5.74) is 3.01. The zero-order valence-corrected chi connectivity index (χ0v) is 19.9. The number of unbranched alkanes of at least 4 members (excludes halogenated alkanes) is 1. The molecule has 1 aromatic heterocycles. The Labute approximate surface area is 193 Å². The van der Waals surface area contributed by atoms with Crippen molar-refractivity contribution in [1.82, 2.24) is 10.3 Å². The minimum absolute atomic E-state index is 0.205. The molecule has 30 heavy (non-hydrogen) atoms. The molecular formula is C22H22BrN3O2S2. The molecule has 0 fully saturated rings. The number of aryl methyl sites for hydroxylation is 1. The van der Waals surface area contributed by atoms with Gasteiger partial charge in [-0.1, -0.05) is 46.7 Å². The second kappa shape index (κ2) is 10.7. The SMILES string of the molecule is CCCCc1ccc2nc(NC(=S)NC(=O)C=Cc3cc(Br)ccc3OC)sc2c1. The highest BCUT2D eigenvalue weighted by atomic mass is 79.9. The lowest BCUT2D eigenvalue weighted by Crippen LogP contribution is -2.32. The van der Waals surface area contributed by atoms with Crippen LogP contribution in [0.2, 0.25) is 0 Å². The number of thiazole rings is 1. The van der Waals surface area contributed by atoms with Gasteiger partial charge in [0.25, 0.3) is 0 Å². The van der Waals surface area contributed by atoms with E-state index in [9.17, 15) is 4.79 Å². The van der Waals surface area contributed by atoms with Crippen LogP contribution in [0.4, 0.5) is 5.13 Å². The third-order valence-corrected chi connectivity index (χ3v) is 5.97. The molecule has 0 bridgehead atoms. The summed E-state index contributed by atoms with van der Waals surface area (Å²) >= 11 is 10.2. The molecule has 0 aliphatic heterocycles. The summed E-state index contributed by atoms with van der Waals surface area (Å²) in [7, 11) is 1.59. The number of carbonyl (C=O) groups is 1. The number of thiocarbonyl (C=S) groups is 1. The van der Waals surface area contributed by atoms with Crippen molar-refractivity contribution in [3.05, 3.63) is 58.1 Å². The van der Waals surface area contributed by atoms with E-state index >= 15 is 0 Å². The molecule has 5 nitrogen and oxygen atoms in total. The summed E-state index contributed by atoms with van der Waals surface area (Å²) < 4.78 is 7.30. The van der Waals surface area contributed by atoms with Gasteiger partial charge in [0.1, 0.15) is 5.75 Å². The molecule has 0 saturated heterocycles. The van der Waals surface area contributed by atoms with E-state index in [1.54, 1.807) is 13.2 Å². The molecule has 2 N–H and O–H groups in total. The van der Waals surface area contributed by atoms with E-state index in [-0.39, 0.29) is 11.0 Å². The quantitative estimate of drug-likeness (QED) is 0.308. The van der Waals surface area contributed by atoms with Crippen LogP contribution >= 0.6 is 39.5 Å². The van der Waals surface area contributed by atoms with Crippen molar-refractivity contribution in [2.24, 2.45) is 0 Å². The maximum atomic E-state index is 12.2. The summed E-state index contributed by atoms with van der Waals surface area (Å²) in [5.74, 6) is 0.341. The number of amides is 1. The summed E-state index contributed by atoms with van der Waals surface area (Å²) in [6.07, 6.45) is 6.50. The van der Waals surface area contributed by atoms with Crippen LogP contribution in [-0.4, -0.2) is 23.1 Å². The molecule has 0 saturated carbocycles. The Morgan fingerprint density at radius 2 is 2.13 bits per heavy atom. The number of ether oxygens (including phenoxy) is 1. The Bertz CT molecular complexity index is 1100. The van der Waals surface area contributed by atoms with Crippen molar-refractivity contribution in [1.29, 1.82) is 0 Å². The zero-order valence-electron chi connectivity index (χ0n) is 16.7. The monoisotopic (exact) mass is 503 g/mol. The smallest absolute Gasteiger partial charge is 0.250 e. The average Bonchev–Trinajstić information content (AvgIpc) is 3.12. The van der Waals surface area contributed by atoms with Crippen LogP contribution in [0.15, 0.2) is 46.9 Å². The van der Waals surface area contributed by atoms with E-state index in [0.29, 0.717) is 10.9 Å². The molecule has 1 heterocycles. The molecule has 8 heteroatoms. The van der Waals surface area contributed by atoms with Crippen LogP contribution in [0.3, 0.4) is 0 Å². The number of halogens is 1. The van der Waals surface area contributed by atoms with Gasteiger partial charge in [-0.3, -0.25) is 10.1 Å². The molecule has 0 aliphatic carbocycles. The van der Waals surface area contributed by atoms with Crippen LogP contribution in [0, 0.1) is 0 Å². The number of benzene rings is 2. The van der Waals surface area contributed by atoms with Crippen molar-refractivity contribution >= 4 is 71.9 Å². The number of fused-ring (bicyclic) bond motifs is 1. The molecule has 0 radical (unpaired) electrons. The van der Waals surface area contributed by atoms with Crippen molar-refractivity contribution < 1.29 is 9.53 Å². The van der Waals surface area contributed by atoms with E-state index in [0.717, 1.165) is 26.7 Å². The molecular weight excluding hydrogens is 482 g/mol. The van der Waals surface area contributed by atoms with Crippen LogP contribution < -0.4 is 15.4 Å². The van der Waals surface area contributed by atoms with E-state index in [1.165, 1.54) is 35.8 Å². The topological polar surface area (TPSA) is 63.2 Å². The van der Waals surface area contributed by atoms with Gasteiger partial charge in [-0.2, -0.15) is 0 Å². The largest absolute Gasteiger partial charge is 0.496 e. The fourth-order valence-corrected chi connectivity index (χ4v) is 4.42. The number of hydrogen-bond acceptors (Lipinski definition) is 5. The summed E-state index contributed by atoms with van der Waals surface area (Å²) in [6.45, 7) is 2.19.